The van der Waals surface area contributed by atoms with Crippen molar-refractivity contribution in [3.63, 3.8) is 0 Å². The zero-order chi connectivity index (χ0) is 10.4. The molecule has 15 heavy (non-hydrogen) atoms. The molecule has 1 aromatic heterocycles. The zero-order valence-corrected chi connectivity index (χ0v) is 8.80. The number of ether oxygens (including phenoxy) is 3. The summed E-state index contributed by atoms with van der Waals surface area (Å²) in [5, 5.41) is 0. The van der Waals surface area contributed by atoms with E-state index < -0.39 is 0 Å². The van der Waals surface area contributed by atoms with E-state index in [1.165, 1.54) is 0 Å². The molecule has 2 aliphatic rings. The van der Waals surface area contributed by atoms with E-state index >= 15 is 0 Å². The first-order chi connectivity index (χ1) is 7.29. The van der Waals surface area contributed by atoms with E-state index in [4.69, 9.17) is 18.6 Å². The largest absolute Gasteiger partial charge is 0.472 e. The molecule has 4 heteroatoms. The van der Waals surface area contributed by atoms with Gasteiger partial charge in [0.2, 0.25) is 0 Å². The van der Waals surface area contributed by atoms with Gasteiger partial charge in [-0.1, -0.05) is 0 Å². The van der Waals surface area contributed by atoms with Crippen LogP contribution in [0.15, 0.2) is 16.9 Å². The molecular weight excluding hydrogens is 196 g/mol. The van der Waals surface area contributed by atoms with Crippen LogP contribution in [0.25, 0.3) is 0 Å². The average Bonchev–Trinajstić information content (AvgIpc) is 2.80. The topological polar surface area (TPSA) is 40.8 Å². The number of furan rings is 1. The summed E-state index contributed by atoms with van der Waals surface area (Å²) in [4.78, 5) is 0. The third kappa shape index (κ3) is 1.33. The number of methoxy groups -OCH3 is 1. The molecule has 1 aromatic rings. The lowest BCUT2D eigenvalue weighted by atomic mass is 9.97. The summed E-state index contributed by atoms with van der Waals surface area (Å²) in [6, 6.07) is 0. The first-order valence-corrected chi connectivity index (χ1v) is 5.19. The molecule has 0 bridgehead atoms. The average molecular weight is 210 g/mol. The molecule has 0 N–H and O–H groups in total. The standard InChI is InChI=1S/C11H14O4/c1-6-7-4-13-5-8(7)11-9(14-6)3-10(12-2)15-11/h4-6,9-11H,3H2,1-2H3/t6-,9-,10+,11-/m0/s1. The van der Waals surface area contributed by atoms with Gasteiger partial charge in [0, 0.05) is 24.7 Å². The lowest BCUT2D eigenvalue weighted by molar-refractivity contribution is -0.128. The van der Waals surface area contributed by atoms with E-state index in [2.05, 4.69) is 0 Å². The maximum absolute atomic E-state index is 5.86. The van der Waals surface area contributed by atoms with Gasteiger partial charge < -0.3 is 18.6 Å². The molecule has 0 spiro atoms. The van der Waals surface area contributed by atoms with Crippen molar-refractivity contribution in [2.45, 2.75) is 37.9 Å². The van der Waals surface area contributed by atoms with Crippen molar-refractivity contribution in [3.05, 3.63) is 23.7 Å². The van der Waals surface area contributed by atoms with E-state index in [0.717, 1.165) is 17.5 Å². The summed E-state index contributed by atoms with van der Waals surface area (Å²) in [5.41, 5.74) is 2.20. The molecule has 1 saturated heterocycles. The quantitative estimate of drug-likeness (QED) is 0.712. The molecular formula is C11H14O4. The second-order valence-corrected chi connectivity index (χ2v) is 4.06. The van der Waals surface area contributed by atoms with Crippen molar-refractivity contribution in [3.8, 4) is 0 Å². The summed E-state index contributed by atoms with van der Waals surface area (Å²) in [6.07, 6.45) is 4.27. The fraction of sp³-hybridized carbons (Fsp3) is 0.636. The van der Waals surface area contributed by atoms with Crippen LogP contribution in [0, 0.1) is 0 Å². The molecule has 0 aromatic carbocycles. The highest BCUT2D eigenvalue weighted by Gasteiger charge is 2.43. The zero-order valence-electron chi connectivity index (χ0n) is 8.80. The van der Waals surface area contributed by atoms with E-state index in [9.17, 15) is 0 Å². The fourth-order valence-electron chi connectivity index (χ4n) is 2.39. The first kappa shape index (κ1) is 9.39. The van der Waals surface area contributed by atoms with E-state index in [1.807, 2.05) is 6.92 Å². The summed E-state index contributed by atoms with van der Waals surface area (Å²) < 4.78 is 22.0. The molecule has 0 amide bonds. The highest BCUT2D eigenvalue weighted by molar-refractivity contribution is 5.29. The third-order valence-corrected chi connectivity index (χ3v) is 3.17. The van der Waals surface area contributed by atoms with Crippen molar-refractivity contribution < 1.29 is 18.6 Å². The lowest BCUT2D eigenvalue weighted by Gasteiger charge is -2.28. The van der Waals surface area contributed by atoms with Gasteiger partial charge in [-0.3, -0.25) is 0 Å². The lowest BCUT2D eigenvalue weighted by Crippen LogP contribution is -2.25. The predicted molar refractivity (Wildman–Crippen MR) is 51.2 cm³/mol. The van der Waals surface area contributed by atoms with Crippen LogP contribution in [-0.2, 0) is 14.2 Å². The molecule has 3 rings (SSSR count). The fourth-order valence-corrected chi connectivity index (χ4v) is 2.39. The molecule has 82 valence electrons. The molecule has 0 saturated carbocycles. The highest BCUT2D eigenvalue weighted by atomic mass is 16.7. The smallest absolute Gasteiger partial charge is 0.160 e. The highest BCUT2D eigenvalue weighted by Crippen LogP contribution is 2.45. The maximum Gasteiger partial charge on any atom is 0.160 e. The summed E-state index contributed by atoms with van der Waals surface area (Å²) in [7, 11) is 1.65. The summed E-state index contributed by atoms with van der Waals surface area (Å²) in [6.45, 7) is 2.03. The van der Waals surface area contributed by atoms with Crippen LogP contribution in [-0.4, -0.2) is 19.5 Å². The van der Waals surface area contributed by atoms with Gasteiger partial charge in [-0.25, -0.2) is 0 Å². The second-order valence-electron chi connectivity index (χ2n) is 4.06. The van der Waals surface area contributed by atoms with E-state index in [0.29, 0.717) is 0 Å². The van der Waals surface area contributed by atoms with Gasteiger partial charge in [0.1, 0.15) is 6.10 Å². The normalized spacial score (nSPS) is 38.8. The van der Waals surface area contributed by atoms with Crippen LogP contribution in [0.5, 0.6) is 0 Å². The van der Waals surface area contributed by atoms with Gasteiger partial charge in [0.05, 0.1) is 24.7 Å². The van der Waals surface area contributed by atoms with Crippen LogP contribution in [0.1, 0.15) is 36.7 Å². The van der Waals surface area contributed by atoms with Crippen LogP contribution < -0.4 is 0 Å². The van der Waals surface area contributed by atoms with E-state index in [1.54, 1.807) is 19.6 Å². The number of hydrogen-bond donors (Lipinski definition) is 0. The minimum absolute atomic E-state index is 0.0279. The van der Waals surface area contributed by atoms with Crippen molar-refractivity contribution >= 4 is 0 Å². The van der Waals surface area contributed by atoms with Gasteiger partial charge >= 0.3 is 0 Å². The first-order valence-electron chi connectivity index (χ1n) is 5.19. The Balaban J connectivity index is 1.94. The summed E-state index contributed by atoms with van der Waals surface area (Å²) in [5.74, 6) is 0. The molecule has 0 radical (unpaired) electrons. The predicted octanol–water partition coefficient (Wildman–Crippen LogP) is 2.17. The minimum Gasteiger partial charge on any atom is -0.472 e. The Morgan fingerprint density at radius 2 is 2.07 bits per heavy atom. The van der Waals surface area contributed by atoms with Crippen molar-refractivity contribution in [1.82, 2.24) is 0 Å². The Morgan fingerprint density at radius 3 is 2.87 bits per heavy atom. The molecule has 2 aliphatic heterocycles. The van der Waals surface area contributed by atoms with Gasteiger partial charge in [0.15, 0.2) is 6.29 Å². The molecule has 0 aliphatic carbocycles. The minimum atomic E-state index is -0.159. The third-order valence-electron chi connectivity index (χ3n) is 3.17. The Hall–Kier alpha value is -0.840. The Labute approximate surface area is 88.1 Å². The van der Waals surface area contributed by atoms with Crippen molar-refractivity contribution in [2.24, 2.45) is 0 Å². The Kier molecular flexibility index (Phi) is 2.09. The summed E-state index contributed by atoms with van der Waals surface area (Å²) >= 11 is 0. The van der Waals surface area contributed by atoms with Crippen LogP contribution >= 0.6 is 0 Å². The van der Waals surface area contributed by atoms with Crippen LogP contribution in [0.4, 0.5) is 0 Å². The molecule has 0 unspecified atom stereocenters. The van der Waals surface area contributed by atoms with E-state index in [-0.39, 0.29) is 24.6 Å². The van der Waals surface area contributed by atoms with Gasteiger partial charge in [-0.2, -0.15) is 0 Å². The Morgan fingerprint density at radius 1 is 1.27 bits per heavy atom. The van der Waals surface area contributed by atoms with Gasteiger partial charge in [-0.15, -0.1) is 0 Å². The SMILES string of the molecule is CO[C@H]1C[C@@H]2O[C@@H](C)c3cocc3[C@@H]2O1. The number of fused-ring (bicyclic) bond motifs is 3. The van der Waals surface area contributed by atoms with Gasteiger partial charge in [0.25, 0.3) is 0 Å². The number of hydrogen-bond acceptors (Lipinski definition) is 4. The number of rotatable bonds is 1. The van der Waals surface area contributed by atoms with Gasteiger partial charge in [-0.05, 0) is 6.92 Å². The molecule has 3 heterocycles. The van der Waals surface area contributed by atoms with Crippen LogP contribution in [0.2, 0.25) is 0 Å². The molecule has 1 fully saturated rings. The van der Waals surface area contributed by atoms with Crippen molar-refractivity contribution in [1.29, 1.82) is 0 Å². The monoisotopic (exact) mass is 210 g/mol. The van der Waals surface area contributed by atoms with Crippen molar-refractivity contribution in [2.75, 3.05) is 7.11 Å². The molecule has 4 atom stereocenters. The molecule has 4 nitrogen and oxygen atoms in total. The maximum atomic E-state index is 5.86. The van der Waals surface area contributed by atoms with Crippen LogP contribution in [0.3, 0.4) is 0 Å². The second kappa shape index (κ2) is 3.33. The Bertz CT molecular complexity index is 359.